The zero-order valence-electron chi connectivity index (χ0n) is 7.67. The van der Waals surface area contributed by atoms with Gasteiger partial charge in [0, 0.05) is 14.2 Å². The van der Waals surface area contributed by atoms with E-state index in [1.54, 1.807) is 14.2 Å². The van der Waals surface area contributed by atoms with Crippen molar-refractivity contribution in [2.75, 3.05) is 14.2 Å². The van der Waals surface area contributed by atoms with Crippen LogP contribution in [0.3, 0.4) is 0 Å². The van der Waals surface area contributed by atoms with Crippen LogP contribution < -0.4 is 0 Å². The molecule has 64 valence electrons. The molecule has 1 aliphatic carbocycles. The highest BCUT2D eigenvalue weighted by Gasteiger charge is 2.35. The summed E-state index contributed by atoms with van der Waals surface area (Å²) in [6.45, 7) is 2.28. The van der Waals surface area contributed by atoms with Crippen LogP contribution in [0.2, 0.25) is 5.82 Å². The molecule has 1 fully saturated rings. The van der Waals surface area contributed by atoms with Crippen LogP contribution in [0.25, 0.3) is 0 Å². The Kier molecular flexibility index (Phi) is 3.40. The Morgan fingerprint density at radius 3 is 2.18 bits per heavy atom. The Labute approximate surface area is 69.4 Å². The maximum atomic E-state index is 5.23. The third-order valence-electron chi connectivity index (χ3n) is 2.74. The highest BCUT2D eigenvalue weighted by Crippen LogP contribution is 2.38. The highest BCUT2D eigenvalue weighted by molar-refractivity contribution is 6.46. The third-order valence-corrected chi connectivity index (χ3v) is 2.74. The van der Waals surface area contributed by atoms with Gasteiger partial charge in [0.2, 0.25) is 0 Å². The lowest BCUT2D eigenvalue weighted by Crippen LogP contribution is -2.27. The molecule has 0 N–H and O–H groups in total. The summed E-state index contributed by atoms with van der Waals surface area (Å²) in [4.78, 5) is 0. The zero-order valence-corrected chi connectivity index (χ0v) is 7.67. The summed E-state index contributed by atoms with van der Waals surface area (Å²) in [5.74, 6) is 1.38. The Hall–Kier alpha value is -0.0151. The van der Waals surface area contributed by atoms with Gasteiger partial charge < -0.3 is 9.31 Å². The topological polar surface area (TPSA) is 18.5 Å². The number of hydrogen-bond donors (Lipinski definition) is 0. The van der Waals surface area contributed by atoms with E-state index in [1.807, 2.05) is 0 Å². The monoisotopic (exact) mass is 156 g/mol. The molecule has 0 unspecified atom stereocenters. The van der Waals surface area contributed by atoms with Crippen LogP contribution in [-0.2, 0) is 9.31 Å². The van der Waals surface area contributed by atoms with Gasteiger partial charge in [-0.25, -0.2) is 0 Å². The van der Waals surface area contributed by atoms with E-state index in [0.29, 0.717) is 5.82 Å². The molecule has 0 aromatic carbocycles. The van der Waals surface area contributed by atoms with Gasteiger partial charge >= 0.3 is 7.12 Å². The fourth-order valence-corrected chi connectivity index (χ4v) is 2.02. The fourth-order valence-electron chi connectivity index (χ4n) is 2.02. The maximum Gasteiger partial charge on any atom is 0.460 e. The van der Waals surface area contributed by atoms with Gasteiger partial charge in [-0.2, -0.15) is 0 Å². The predicted octanol–water partition coefficient (Wildman–Crippen LogP) is 1.96. The Morgan fingerprint density at radius 1 is 1.18 bits per heavy atom. The van der Waals surface area contributed by atoms with Crippen LogP contribution in [0.1, 0.15) is 26.2 Å². The van der Waals surface area contributed by atoms with Gasteiger partial charge in [-0.1, -0.05) is 26.2 Å². The first kappa shape index (κ1) is 9.08. The lowest BCUT2D eigenvalue weighted by Gasteiger charge is -2.19. The van der Waals surface area contributed by atoms with E-state index in [2.05, 4.69) is 6.92 Å². The summed E-state index contributed by atoms with van der Waals surface area (Å²) in [6, 6.07) is 0. The van der Waals surface area contributed by atoms with Crippen LogP contribution >= 0.6 is 0 Å². The Morgan fingerprint density at radius 2 is 1.82 bits per heavy atom. The van der Waals surface area contributed by atoms with E-state index in [1.165, 1.54) is 19.3 Å². The molecule has 3 heteroatoms. The quantitative estimate of drug-likeness (QED) is 0.581. The van der Waals surface area contributed by atoms with Gasteiger partial charge in [-0.3, -0.25) is 0 Å². The molecule has 0 aromatic rings. The van der Waals surface area contributed by atoms with Gasteiger partial charge in [0.25, 0.3) is 0 Å². The molecule has 2 nitrogen and oxygen atoms in total. The van der Waals surface area contributed by atoms with E-state index >= 15 is 0 Å². The molecule has 0 amide bonds. The van der Waals surface area contributed by atoms with Crippen molar-refractivity contribution in [1.82, 2.24) is 0 Å². The SMILES string of the molecule is COB(OC)[C@@H]1CCC[C@@H]1C. The molecule has 0 radical (unpaired) electrons. The van der Waals surface area contributed by atoms with Crippen molar-refractivity contribution < 1.29 is 9.31 Å². The molecule has 0 bridgehead atoms. The van der Waals surface area contributed by atoms with Gasteiger partial charge in [0.1, 0.15) is 0 Å². The molecule has 11 heavy (non-hydrogen) atoms. The largest absolute Gasteiger partial charge is 0.460 e. The second-order valence-corrected chi connectivity index (χ2v) is 3.41. The zero-order chi connectivity index (χ0) is 8.27. The third kappa shape index (κ3) is 1.97. The van der Waals surface area contributed by atoms with Gasteiger partial charge in [0.05, 0.1) is 0 Å². The second-order valence-electron chi connectivity index (χ2n) is 3.41. The smallest absolute Gasteiger partial charge is 0.414 e. The summed E-state index contributed by atoms with van der Waals surface area (Å²) in [5, 5.41) is 0. The lowest BCUT2D eigenvalue weighted by molar-refractivity contribution is 0.257. The van der Waals surface area contributed by atoms with E-state index in [0.717, 1.165) is 5.92 Å². The normalized spacial score (nSPS) is 30.8. The minimum Gasteiger partial charge on any atom is -0.414 e. The van der Waals surface area contributed by atoms with E-state index in [9.17, 15) is 0 Å². The van der Waals surface area contributed by atoms with Gasteiger partial charge in [-0.15, -0.1) is 0 Å². The summed E-state index contributed by atoms with van der Waals surface area (Å²) < 4.78 is 10.5. The van der Waals surface area contributed by atoms with Crippen LogP contribution in [0.15, 0.2) is 0 Å². The molecule has 1 aliphatic rings. The first-order chi connectivity index (χ1) is 5.29. The van der Waals surface area contributed by atoms with Crippen molar-refractivity contribution in [1.29, 1.82) is 0 Å². The molecular formula is C8H17BO2. The summed E-state index contributed by atoms with van der Waals surface area (Å²) in [7, 11) is 3.46. The molecule has 0 saturated heterocycles. The fraction of sp³-hybridized carbons (Fsp3) is 1.00. The molecule has 1 saturated carbocycles. The first-order valence-electron chi connectivity index (χ1n) is 4.35. The van der Waals surface area contributed by atoms with Crippen LogP contribution in [0.5, 0.6) is 0 Å². The minimum absolute atomic E-state index is 0.0208. The average Bonchev–Trinajstić information content (AvgIpc) is 2.40. The summed E-state index contributed by atoms with van der Waals surface area (Å²) >= 11 is 0. The lowest BCUT2D eigenvalue weighted by atomic mass is 9.67. The van der Waals surface area contributed by atoms with Crippen molar-refractivity contribution in [2.45, 2.75) is 32.0 Å². The van der Waals surface area contributed by atoms with Crippen molar-refractivity contribution in [3.63, 3.8) is 0 Å². The molecule has 0 heterocycles. The summed E-state index contributed by atoms with van der Waals surface area (Å²) in [5.41, 5.74) is 0. The Bertz CT molecular complexity index is 115. The Balaban J connectivity index is 2.43. The predicted molar refractivity (Wildman–Crippen MR) is 46.5 cm³/mol. The maximum absolute atomic E-state index is 5.23. The highest BCUT2D eigenvalue weighted by atomic mass is 16.6. The minimum atomic E-state index is 0.0208. The average molecular weight is 156 g/mol. The standard InChI is InChI=1S/C8H17BO2/c1-7-5-4-6-8(7)9(10-2)11-3/h7-8H,4-6H2,1-3H3/t7-,8+/m0/s1. The summed E-state index contributed by atoms with van der Waals surface area (Å²) in [6.07, 6.45) is 3.91. The number of rotatable bonds is 3. The molecular weight excluding hydrogens is 139 g/mol. The van der Waals surface area contributed by atoms with Crippen molar-refractivity contribution in [3.8, 4) is 0 Å². The van der Waals surface area contributed by atoms with E-state index < -0.39 is 0 Å². The van der Waals surface area contributed by atoms with Crippen molar-refractivity contribution >= 4 is 7.12 Å². The van der Waals surface area contributed by atoms with E-state index in [-0.39, 0.29) is 7.12 Å². The second kappa shape index (κ2) is 4.12. The first-order valence-corrected chi connectivity index (χ1v) is 4.35. The molecule has 2 atom stereocenters. The molecule has 0 aliphatic heterocycles. The van der Waals surface area contributed by atoms with Crippen LogP contribution in [0.4, 0.5) is 0 Å². The van der Waals surface area contributed by atoms with E-state index in [4.69, 9.17) is 9.31 Å². The van der Waals surface area contributed by atoms with Crippen molar-refractivity contribution in [3.05, 3.63) is 0 Å². The van der Waals surface area contributed by atoms with Crippen LogP contribution in [-0.4, -0.2) is 21.3 Å². The van der Waals surface area contributed by atoms with Gasteiger partial charge in [-0.05, 0) is 11.7 Å². The van der Waals surface area contributed by atoms with Crippen LogP contribution in [0, 0.1) is 5.92 Å². The number of hydrogen-bond acceptors (Lipinski definition) is 2. The van der Waals surface area contributed by atoms with Crippen molar-refractivity contribution in [2.24, 2.45) is 5.92 Å². The molecule has 1 rings (SSSR count). The molecule has 0 aromatic heterocycles. The van der Waals surface area contributed by atoms with Gasteiger partial charge in [0.15, 0.2) is 0 Å². The molecule has 0 spiro atoms.